The van der Waals surface area contributed by atoms with Gasteiger partial charge in [-0.05, 0) is 137 Å². The minimum absolute atomic E-state index is 0.00229. The quantitative estimate of drug-likeness (QED) is 0.0785. The summed E-state index contributed by atoms with van der Waals surface area (Å²) in [4.78, 5) is 52.2. The van der Waals surface area contributed by atoms with Gasteiger partial charge in [-0.2, -0.15) is 0 Å². The normalized spacial score (nSPS) is 22.3. The van der Waals surface area contributed by atoms with Crippen LogP contribution in [0.4, 0.5) is 10.1 Å². The van der Waals surface area contributed by atoms with Crippen LogP contribution in [0.5, 0.6) is 0 Å². The number of rotatable bonds is 10. The molecule has 3 N–H and O–H groups in total. The van der Waals surface area contributed by atoms with E-state index in [1.165, 1.54) is 9.13 Å². The molecule has 1 aliphatic carbocycles. The van der Waals surface area contributed by atoms with Crippen LogP contribution >= 0.6 is 7.14 Å². The minimum atomic E-state index is -2.55. The van der Waals surface area contributed by atoms with E-state index in [1.807, 2.05) is 43.5 Å². The molecule has 4 atom stereocenters. The zero-order chi connectivity index (χ0) is 47.0. The van der Waals surface area contributed by atoms with Crippen molar-refractivity contribution in [3.05, 3.63) is 139 Å². The molecule has 1 unspecified atom stereocenters. The highest BCUT2D eigenvalue weighted by atomic mass is 31.2. The molecule has 346 valence electrons. The highest BCUT2D eigenvalue weighted by molar-refractivity contribution is 7.71. The molecule has 2 fully saturated rings. The van der Waals surface area contributed by atoms with E-state index in [9.17, 15) is 14.2 Å². The number of hydrogen-bond acceptors (Lipinski definition) is 9. The number of ether oxygens (including phenoxy) is 1. The first-order chi connectivity index (χ1) is 31.4. The molecule has 0 spiro atoms. The Kier molecular flexibility index (Phi) is 11.4. The van der Waals surface area contributed by atoms with Crippen LogP contribution in [0.2, 0.25) is 0 Å². The SMILES string of the molecule is CCP(=O)(CC)c1ccc(-n2ccn(C(=Nc3cc(C)c(F)c(C)c3)C3=C(N)CCN(C(=O)c4cc5cc(C6CCOC(C)(C)C6)ccc5n4[C@@]4(c5noc(=O)[nH]5)C[C@@H]4C)[C@H]3C)c2=O)cc1. The van der Waals surface area contributed by atoms with Crippen LogP contribution in [0.15, 0.2) is 103 Å². The number of aromatic nitrogens is 5. The molecule has 6 aromatic rings. The first-order valence-electron chi connectivity index (χ1n) is 22.9. The molecule has 5 heterocycles. The molecule has 1 saturated carbocycles. The molecule has 3 aromatic heterocycles. The van der Waals surface area contributed by atoms with Gasteiger partial charge in [0, 0.05) is 71.8 Å². The van der Waals surface area contributed by atoms with Crippen molar-refractivity contribution in [1.29, 1.82) is 0 Å². The van der Waals surface area contributed by atoms with E-state index in [4.69, 9.17) is 20.0 Å². The Balaban J connectivity index is 1.15. The number of carbonyl (C=O) groups is 1. The van der Waals surface area contributed by atoms with Crippen molar-refractivity contribution >= 4 is 40.8 Å². The molecule has 66 heavy (non-hydrogen) atoms. The summed E-state index contributed by atoms with van der Waals surface area (Å²) >= 11 is 0. The van der Waals surface area contributed by atoms with Gasteiger partial charge in [-0.15, -0.1) is 0 Å². The van der Waals surface area contributed by atoms with E-state index in [-0.39, 0.29) is 48.0 Å². The van der Waals surface area contributed by atoms with Crippen LogP contribution in [0.1, 0.15) is 106 Å². The second-order valence-corrected chi connectivity index (χ2v) is 22.6. The number of carbonyl (C=O) groups excluding carboxylic acids is 1. The van der Waals surface area contributed by atoms with Crippen molar-refractivity contribution in [3.63, 3.8) is 0 Å². The molecule has 9 rings (SSSR count). The zero-order valence-corrected chi connectivity index (χ0v) is 39.7. The number of nitrogens with one attached hydrogen (secondary N) is 1. The van der Waals surface area contributed by atoms with E-state index in [1.54, 1.807) is 55.4 Å². The van der Waals surface area contributed by atoms with Crippen molar-refractivity contribution in [3.8, 4) is 5.69 Å². The summed E-state index contributed by atoms with van der Waals surface area (Å²) in [6, 6.07) is 18.0. The Bertz CT molecular complexity index is 3100. The minimum Gasteiger partial charge on any atom is -0.402 e. The van der Waals surface area contributed by atoms with Crippen LogP contribution in [0.3, 0.4) is 0 Å². The summed E-state index contributed by atoms with van der Waals surface area (Å²) < 4.78 is 44.5. The lowest BCUT2D eigenvalue weighted by Gasteiger charge is -2.37. The number of nitrogens with zero attached hydrogens (tertiary/aromatic N) is 6. The number of amides is 1. The number of fused-ring (bicyclic) bond motifs is 1. The Labute approximate surface area is 382 Å². The van der Waals surface area contributed by atoms with Crippen molar-refractivity contribution in [2.45, 2.75) is 104 Å². The van der Waals surface area contributed by atoms with Crippen molar-refractivity contribution in [2.75, 3.05) is 25.5 Å². The summed E-state index contributed by atoms with van der Waals surface area (Å²) in [7, 11) is -2.55. The summed E-state index contributed by atoms with van der Waals surface area (Å²) in [5, 5.41) is 5.81. The standard InChI is InChI=1S/C50H58FN8O6P/c1-9-66(63,10-2)38-14-12-37(13-15-38)57-20-21-58(48(57)62)44(53-36-23-29(3)43(51)30(4)24-36)42-32(6)56(19-17-39(42)52)45(60)41-26-35-25-33(34-18-22-64-49(7,8)28-34)11-16-40(35)59(41)50(27-31(50)5)46-54-47(61)65-55-46/h11-16,20-21,23-26,31-32,34H,9-10,17-19,22,27-28,52H2,1-8H3,(H,54,55,61)/t31-,32-,34?,50-/m0/s1. The van der Waals surface area contributed by atoms with E-state index < -0.39 is 30.2 Å². The molecule has 1 saturated heterocycles. The number of nitrogens with two attached hydrogens (primary N) is 1. The molecule has 2 aliphatic heterocycles. The van der Waals surface area contributed by atoms with Crippen molar-refractivity contribution < 1.29 is 23.0 Å². The van der Waals surface area contributed by atoms with Gasteiger partial charge < -0.3 is 24.5 Å². The average molecular weight is 917 g/mol. The highest BCUT2D eigenvalue weighted by Gasteiger charge is 2.59. The number of hydrogen-bond donors (Lipinski definition) is 2. The second-order valence-electron chi connectivity index (χ2n) is 19.0. The number of aliphatic imine (C=N–C) groups is 1. The number of aromatic amines is 1. The van der Waals surface area contributed by atoms with Crippen LogP contribution < -0.4 is 22.5 Å². The monoisotopic (exact) mass is 916 g/mol. The maximum atomic E-state index is 15.5. The lowest BCUT2D eigenvalue weighted by Crippen LogP contribution is -2.49. The molecule has 14 nitrogen and oxygen atoms in total. The summed E-state index contributed by atoms with van der Waals surface area (Å²) in [6.45, 7) is 16.3. The fraction of sp³-hybridized carbons (Fsp3) is 0.420. The Morgan fingerprint density at radius 3 is 2.32 bits per heavy atom. The van der Waals surface area contributed by atoms with E-state index in [0.29, 0.717) is 70.6 Å². The second kappa shape index (κ2) is 16.7. The number of imidazole rings is 1. The molecule has 3 aromatic carbocycles. The van der Waals surface area contributed by atoms with Crippen LogP contribution in [-0.2, 0) is 14.8 Å². The third kappa shape index (κ3) is 7.63. The molecule has 16 heteroatoms. The Morgan fingerprint density at radius 2 is 1.70 bits per heavy atom. The zero-order valence-electron chi connectivity index (χ0n) is 38.9. The van der Waals surface area contributed by atoms with Crippen LogP contribution in [0.25, 0.3) is 16.6 Å². The largest absolute Gasteiger partial charge is 0.438 e. The number of aryl methyl sites for hydroxylation is 2. The summed E-state index contributed by atoms with van der Waals surface area (Å²) in [5.74, 6) is -0.499. The van der Waals surface area contributed by atoms with Gasteiger partial charge >= 0.3 is 11.4 Å². The number of halogens is 1. The number of H-pyrrole nitrogens is 1. The third-order valence-electron chi connectivity index (χ3n) is 14.4. The van der Waals surface area contributed by atoms with E-state index in [2.05, 4.69) is 49.1 Å². The Hall–Kier alpha value is -6.05. The van der Waals surface area contributed by atoms with Crippen LogP contribution in [0, 0.1) is 25.6 Å². The molecule has 0 bridgehead atoms. The van der Waals surface area contributed by atoms with Gasteiger partial charge in [-0.25, -0.2) is 19.0 Å². The van der Waals surface area contributed by atoms with Gasteiger partial charge in [0.25, 0.3) is 5.91 Å². The summed E-state index contributed by atoms with van der Waals surface area (Å²) in [6.07, 6.45) is 6.95. The first-order valence-corrected chi connectivity index (χ1v) is 25.0. The average Bonchev–Trinajstić information content (AvgIpc) is 3.61. The van der Waals surface area contributed by atoms with E-state index in [0.717, 1.165) is 34.6 Å². The maximum Gasteiger partial charge on any atom is 0.438 e. The molecule has 0 radical (unpaired) electrons. The summed E-state index contributed by atoms with van der Waals surface area (Å²) in [5.41, 5.74) is 10.4. The predicted molar refractivity (Wildman–Crippen MR) is 255 cm³/mol. The van der Waals surface area contributed by atoms with Gasteiger partial charge in [0.2, 0.25) is 0 Å². The highest BCUT2D eigenvalue weighted by Crippen LogP contribution is 2.56. The molecule has 3 aliphatic rings. The van der Waals surface area contributed by atoms with Crippen LogP contribution in [-0.4, -0.2) is 77.6 Å². The van der Waals surface area contributed by atoms with Gasteiger partial charge in [0.1, 0.15) is 30.0 Å². The smallest absolute Gasteiger partial charge is 0.402 e. The van der Waals surface area contributed by atoms with E-state index >= 15 is 9.18 Å². The van der Waals surface area contributed by atoms with Gasteiger partial charge in [-0.3, -0.25) is 23.4 Å². The maximum absolute atomic E-state index is 15.5. The topological polar surface area (TPSA) is 176 Å². The van der Waals surface area contributed by atoms with Crippen molar-refractivity contribution in [2.24, 2.45) is 16.6 Å². The van der Waals surface area contributed by atoms with Gasteiger partial charge in [0.15, 0.2) is 5.82 Å². The third-order valence-corrected chi connectivity index (χ3v) is 17.7. The first kappa shape index (κ1) is 45.1. The molecule has 1 amide bonds. The molecular formula is C50H58FN8O6P. The number of benzene rings is 3. The fourth-order valence-electron chi connectivity index (χ4n) is 10.5. The van der Waals surface area contributed by atoms with Gasteiger partial charge in [0.05, 0.1) is 23.0 Å². The predicted octanol–water partition coefficient (Wildman–Crippen LogP) is 8.24. The Morgan fingerprint density at radius 1 is 1.00 bits per heavy atom. The van der Waals surface area contributed by atoms with Gasteiger partial charge in [-0.1, -0.05) is 32.0 Å². The lowest BCUT2D eigenvalue weighted by atomic mass is 9.83. The molecular weight excluding hydrogens is 859 g/mol. The lowest BCUT2D eigenvalue weighted by molar-refractivity contribution is -0.0592. The van der Waals surface area contributed by atoms with Crippen molar-refractivity contribution in [1.82, 2.24) is 28.7 Å². The fourth-order valence-corrected chi connectivity index (χ4v) is 12.3.